The van der Waals surface area contributed by atoms with E-state index in [2.05, 4.69) is 57.5 Å². The molecular formula is C14H20N2. The number of allylic oxidation sites excluding steroid dienone is 2. The molecule has 2 heteroatoms. The summed E-state index contributed by atoms with van der Waals surface area (Å²) in [4.78, 5) is 8.63. The van der Waals surface area contributed by atoms with Crippen molar-refractivity contribution in [3.05, 3.63) is 22.5 Å². The molecule has 0 aromatic rings. The molecule has 0 aromatic carbocycles. The Morgan fingerprint density at radius 3 is 1.50 bits per heavy atom. The molecule has 1 heterocycles. The number of aliphatic imine (C=N–C) groups is 2. The minimum atomic E-state index is 0.165. The lowest BCUT2D eigenvalue weighted by Gasteiger charge is -2.25. The van der Waals surface area contributed by atoms with Crippen molar-refractivity contribution in [1.82, 2.24) is 0 Å². The second-order valence-corrected chi connectivity index (χ2v) is 6.65. The molecule has 0 N–H and O–H groups in total. The van der Waals surface area contributed by atoms with Crippen LogP contribution in [0.4, 0.5) is 0 Å². The van der Waals surface area contributed by atoms with E-state index in [1.54, 1.807) is 0 Å². The van der Waals surface area contributed by atoms with Crippen molar-refractivity contribution in [1.29, 1.82) is 0 Å². The van der Waals surface area contributed by atoms with Crippen molar-refractivity contribution in [2.45, 2.75) is 48.0 Å². The fourth-order valence-corrected chi connectivity index (χ4v) is 2.24. The zero-order valence-corrected chi connectivity index (χ0v) is 11.1. The molecule has 0 spiro atoms. The first-order valence-electron chi connectivity index (χ1n) is 5.85. The lowest BCUT2D eigenvalue weighted by atomic mass is 9.79. The van der Waals surface area contributed by atoms with Crippen LogP contribution in [0, 0.1) is 10.8 Å². The van der Waals surface area contributed by atoms with Gasteiger partial charge in [-0.15, -0.1) is 0 Å². The lowest BCUT2D eigenvalue weighted by Crippen LogP contribution is -2.13. The molecule has 0 aromatic heterocycles. The number of fused-ring (bicyclic) bond motifs is 1. The van der Waals surface area contributed by atoms with Crippen LogP contribution in [0.1, 0.15) is 48.0 Å². The summed E-state index contributed by atoms with van der Waals surface area (Å²) in [6.07, 6.45) is 1.02. The van der Waals surface area contributed by atoms with Gasteiger partial charge >= 0.3 is 0 Å². The van der Waals surface area contributed by atoms with Crippen LogP contribution in [0.2, 0.25) is 0 Å². The maximum Gasteiger partial charge on any atom is 0.101 e. The topological polar surface area (TPSA) is 24.7 Å². The highest BCUT2D eigenvalue weighted by molar-refractivity contribution is 5.63. The average Bonchev–Trinajstić information content (AvgIpc) is 2.54. The summed E-state index contributed by atoms with van der Waals surface area (Å²) in [7, 11) is 0. The standard InChI is InChI=1S/C14H20N2/c1-13(2,3)9-7-10(14(4,5)6)12-11(9)15-8-16-12/h7H2,1-6H3. The number of rotatable bonds is 0. The number of nitrogens with zero attached hydrogens (tertiary/aromatic N) is 2. The van der Waals surface area contributed by atoms with Crippen LogP contribution in [-0.4, -0.2) is 6.01 Å². The molecule has 16 heavy (non-hydrogen) atoms. The van der Waals surface area contributed by atoms with Gasteiger partial charge in [-0.05, 0) is 28.4 Å². The predicted octanol–water partition coefficient (Wildman–Crippen LogP) is 4.18. The minimum Gasteiger partial charge on any atom is -0.185 e. The monoisotopic (exact) mass is 216 g/mol. The Morgan fingerprint density at radius 1 is 0.812 bits per heavy atom. The zero-order valence-electron chi connectivity index (χ0n) is 11.1. The van der Waals surface area contributed by atoms with Gasteiger partial charge in [0, 0.05) is 0 Å². The SMILES string of the molecule is CC(C)(C)C1=C2N=C=NC2=C(C(C)(C)C)C1. The van der Waals surface area contributed by atoms with Crippen LogP contribution >= 0.6 is 0 Å². The molecule has 0 bridgehead atoms. The van der Waals surface area contributed by atoms with Crippen LogP contribution < -0.4 is 0 Å². The Bertz CT molecular complexity index is 416. The fraction of sp³-hybridized carbons (Fsp3) is 0.643. The van der Waals surface area contributed by atoms with Crippen LogP contribution in [-0.2, 0) is 0 Å². The quantitative estimate of drug-likeness (QED) is 0.580. The molecule has 0 saturated heterocycles. The molecule has 0 radical (unpaired) electrons. The smallest absolute Gasteiger partial charge is 0.101 e. The van der Waals surface area contributed by atoms with E-state index in [0.717, 1.165) is 17.8 Å². The Labute approximate surface area is 97.9 Å². The molecule has 2 rings (SSSR count). The predicted molar refractivity (Wildman–Crippen MR) is 67.4 cm³/mol. The van der Waals surface area contributed by atoms with Crippen LogP contribution in [0.3, 0.4) is 0 Å². The Morgan fingerprint density at radius 2 is 1.19 bits per heavy atom. The van der Waals surface area contributed by atoms with Crippen molar-refractivity contribution in [3.8, 4) is 0 Å². The molecule has 0 unspecified atom stereocenters. The first-order valence-corrected chi connectivity index (χ1v) is 5.85. The van der Waals surface area contributed by atoms with Gasteiger partial charge in [0.2, 0.25) is 0 Å². The molecule has 2 nitrogen and oxygen atoms in total. The largest absolute Gasteiger partial charge is 0.185 e. The first-order chi connectivity index (χ1) is 7.21. The summed E-state index contributed by atoms with van der Waals surface area (Å²) in [5.41, 5.74) is 5.30. The van der Waals surface area contributed by atoms with Gasteiger partial charge in [0.15, 0.2) is 0 Å². The molecule has 2 aliphatic rings. The maximum absolute atomic E-state index is 4.31. The van der Waals surface area contributed by atoms with Crippen molar-refractivity contribution in [2.24, 2.45) is 20.8 Å². The van der Waals surface area contributed by atoms with Gasteiger partial charge in [-0.25, -0.2) is 0 Å². The summed E-state index contributed by atoms with van der Waals surface area (Å²) in [6.45, 7) is 13.5. The highest BCUT2D eigenvalue weighted by atomic mass is 15.0. The molecule has 86 valence electrons. The second kappa shape index (κ2) is 3.18. The van der Waals surface area contributed by atoms with E-state index in [4.69, 9.17) is 0 Å². The van der Waals surface area contributed by atoms with Gasteiger partial charge in [-0.3, -0.25) is 0 Å². The molecule has 0 atom stereocenters. The molecule has 0 saturated carbocycles. The third-order valence-electron chi connectivity index (χ3n) is 3.28. The van der Waals surface area contributed by atoms with Gasteiger partial charge in [0.05, 0.1) is 0 Å². The highest BCUT2D eigenvalue weighted by Gasteiger charge is 2.36. The number of hydrogen-bond acceptors (Lipinski definition) is 2. The van der Waals surface area contributed by atoms with Gasteiger partial charge < -0.3 is 0 Å². The van der Waals surface area contributed by atoms with E-state index in [9.17, 15) is 0 Å². The molecular weight excluding hydrogens is 196 g/mol. The third-order valence-corrected chi connectivity index (χ3v) is 3.28. The molecule has 1 aliphatic heterocycles. The Balaban J connectivity index is 2.49. The van der Waals surface area contributed by atoms with E-state index < -0.39 is 0 Å². The molecule has 0 fully saturated rings. The van der Waals surface area contributed by atoms with E-state index >= 15 is 0 Å². The Kier molecular flexibility index (Phi) is 2.25. The van der Waals surface area contributed by atoms with Crippen molar-refractivity contribution in [2.75, 3.05) is 0 Å². The van der Waals surface area contributed by atoms with Gasteiger partial charge in [-0.1, -0.05) is 41.5 Å². The summed E-state index contributed by atoms with van der Waals surface area (Å²) < 4.78 is 0. The molecule has 0 amide bonds. The van der Waals surface area contributed by atoms with Crippen molar-refractivity contribution >= 4 is 6.01 Å². The summed E-state index contributed by atoms with van der Waals surface area (Å²) in [5.74, 6) is 0. The minimum absolute atomic E-state index is 0.165. The summed E-state index contributed by atoms with van der Waals surface area (Å²) in [5, 5.41) is 0. The van der Waals surface area contributed by atoms with Gasteiger partial charge in [0.1, 0.15) is 17.4 Å². The van der Waals surface area contributed by atoms with Crippen LogP contribution in [0.5, 0.6) is 0 Å². The first kappa shape index (κ1) is 11.3. The number of hydrogen-bond donors (Lipinski definition) is 0. The highest BCUT2D eigenvalue weighted by Crippen LogP contribution is 2.49. The van der Waals surface area contributed by atoms with Gasteiger partial charge in [0.25, 0.3) is 0 Å². The normalized spacial score (nSPS) is 20.1. The van der Waals surface area contributed by atoms with Crippen LogP contribution in [0.25, 0.3) is 0 Å². The lowest BCUT2D eigenvalue weighted by molar-refractivity contribution is 0.455. The Hall–Kier alpha value is -1.14. The summed E-state index contributed by atoms with van der Waals surface area (Å²) >= 11 is 0. The van der Waals surface area contributed by atoms with E-state index in [1.807, 2.05) is 0 Å². The van der Waals surface area contributed by atoms with Gasteiger partial charge in [-0.2, -0.15) is 9.98 Å². The third kappa shape index (κ3) is 1.68. The van der Waals surface area contributed by atoms with Crippen LogP contribution in [0.15, 0.2) is 32.5 Å². The van der Waals surface area contributed by atoms with E-state index in [-0.39, 0.29) is 10.8 Å². The second-order valence-electron chi connectivity index (χ2n) is 6.65. The zero-order chi connectivity index (χ0) is 12.1. The van der Waals surface area contributed by atoms with E-state index in [1.165, 1.54) is 11.1 Å². The summed E-state index contributed by atoms with van der Waals surface area (Å²) in [6, 6.07) is 2.76. The average molecular weight is 216 g/mol. The molecule has 1 aliphatic carbocycles. The van der Waals surface area contributed by atoms with Crippen molar-refractivity contribution in [3.63, 3.8) is 0 Å². The maximum atomic E-state index is 4.31. The van der Waals surface area contributed by atoms with Crippen molar-refractivity contribution < 1.29 is 0 Å². The van der Waals surface area contributed by atoms with E-state index in [0.29, 0.717) is 0 Å². The fourth-order valence-electron chi connectivity index (χ4n) is 2.24.